The van der Waals surface area contributed by atoms with Crippen molar-refractivity contribution < 1.29 is 4.74 Å². The molecule has 1 aromatic carbocycles. The van der Waals surface area contributed by atoms with Gasteiger partial charge in [0.15, 0.2) is 0 Å². The van der Waals surface area contributed by atoms with Gasteiger partial charge in [0, 0.05) is 11.8 Å². The van der Waals surface area contributed by atoms with Crippen LogP contribution in [0.15, 0.2) is 24.4 Å². The van der Waals surface area contributed by atoms with Crippen LogP contribution in [0.3, 0.4) is 0 Å². The van der Waals surface area contributed by atoms with Gasteiger partial charge in [-0.25, -0.2) is 0 Å². The molecule has 0 atom stereocenters. The summed E-state index contributed by atoms with van der Waals surface area (Å²) < 4.78 is 7.41. The van der Waals surface area contributed by atoms with Gasteiger partial charge in [-0.15, -0.1) is 0 Å². The molecule has 0 saturated heterocycles. The highest BCUT2D eigenvalue weighted by molar-refractivity contribution is 5.77. The zero-order chi connectivity index (χ0) is 14.7. The highest BCUT2D eigenvalue weighted by Crippen LogP contribution is 2.34. The summed E-state index contributed by atoms with van der Waals surface area (Å²) in [5.41, 5.74) is 9.77. The van der Waals surface area contributed by atoms with Crippen LogP contribution in [0.4, 0.5) is 5.69 Å². The third kappa shape index (κ3) is 2.64. The van der Waals surface area contributed by atoms with Gasteiger partial charge < -0.3 is 10.5 Å². The summed E-state index contributed by atoms with van der Waals surface area (Å²) in [5, 5.41) is 4.68. The molecule has 0 unspecified atom stereocenters. The van der Waals surface area contributed by atoms with E-state index in [-0.39, 0.29) is 0 Å². The van der Waals surface area contributed by atoms with Gasteiger partial charge in [-0.3, -0.25) is 4.68 Å². The monoisotopic (exact) mass is 273 g/mol. The first kappa shape index (κ1) is 14.4. The minimum atomic E-state index is 0.391. The van der Waals surface area contributed by atoms with Gasteiger partial charge in [-0.2, -0.15) is 5.10 Å². The topological polar surface area (TPSA) is 53.1 Å². The molecule has 20 heavy (non-hydrogen) atoms. The van der Waals surface area contributed by atoms with E-state index in [4.69, 9.17) is 10.5 Å². The van der Waals surface area contributed by atoms with Crippen LogP contribution in [0.2, 0.25) is 0 Å². The van der Waals surface area contributed by atoms with Crippen LogP contribution in [-0.2, 0) is 0 Å². The lowest BCUT2D eigenvalue weighted by atomic mass is 10.1. The van der Waals surface area contributed by atoms with Gasteiger partial charge in [-0.05, 0) is 31.9 Å². The van der Waals surface area contributed by atoms with Gasteiger partial charge in [0.25, 0.3) is 0 Å². The Kier molecular flexibility index (Phi) is 4.32. The minimum Gasteiger partial charge on any atom is -0.496 e. The molecule has 4 nitrogen and oxygen atoms in total. The third-order valence-corrected chi connectivity index (χ3v) is 3.69. The van der Waals surface area contributed by atoms with Crippen molar-refractivity contribution in [2.75, 3.05) is 12.8 Å². The molecule has 2 N–H and O–H groups in total. The number of hydrogen-bond acceptors (Lipinski definition) is 3. The molecule has 108 valence electrons. The first-order chi connectivity index (χ1) is 9.60. The number of nitrogens with two attached hydrogens (primary N) is 1. The molecule has 0 radical (unpaired) electrons. The molecule has 2 aromatic rings. The highest BCUT2D eigenvalue weighted by Gasteiger charge is 2.16. The number of ether oxygens (including phenoxy) is 1. The van der Waals surface area contributed by atoms with Crippen LogP contribution in [0.5, 0.6) is 5.75 Å². The van der Waals surface area contributed by atoms with Crippen molar-refractivity contribution in [3.8, 4) is 17.0 Å². The maximum absolute atomic E-state index is 6.16. The Bertz CT molecular complexity index is 585. The van der Waals surface area contributed by atoms with Gasteiger partial charge in [0.05, 0.1) is 18.8 Å². The number of aromatic nitrogens is 2. The van der Waals surface area contributed by atoms with Gasteiger partial charge in [-0.1, -0.05) is 25.5 Å². The summed E-state index contributed by atoms with van der Waals surface area (Å²) in [6.07, 6.45) is 4.01. The fourth-order valence-corrected chi connectivity index (χ4v) is 2.47. The Morgan fingerprint density at radius 3 is 2.60 bits per heavy atom. The van der Waals surface area contributed by atoms with E-state index in [9.17, 15) is 0 Å². The Morgan fingerprint density at radius 2 is 2.00 bits per heavy atom. The largest absolute Gasteiger partial charge is 0.496 e. The Morgan fingerprint density at radius 1 is 1.30 bits per heavy atom. The minimum absolute atomic E-state index is 0.391. The van der Waals surface area contributed by atoms with Gasteiger partial charge in [0.1, 0.15) is 11.4 Å². The fraction of sp³-hybridized carbons (Fsp3) is 0.438. The zero-order valence-electron chi connectivity index (χ0n) is 12.7. The molecule has 0 amide bonds. The van der Waals surface area contributed by atoms with E-state index < -0.39 is 0 Å². The summed E-state index contributed by atoms with van der Waals surface area (Å²) in [6.45, 7) is 6.38. The molecule has 0 aliphatic carbocycles. The molecule has 0 spiro atoms. The molecule has 1 aromatic heterocycles. The zero-order valence-corrected chi connectivity index (χ0v) is 12.7. The van der Waals surface area contributed by atoms with E-state index in [0.717, 1.165) is 35.4 Å². The van der Waals surface area contributed by atoms with E-state index in [1.165, 1.54) is 0 Å². The van der Waals surface area contributed by atoms with Crippen LogP contribution < -0.4 is 10.5 Å². The van der Waals surface area contributed by atoms with Crippen molar-refractivity contribution in [1.82, 2.24) is 9.78 Å². The molecule has 0 saturated carbocycles. The quantitative estimate of drug-likeness (QED) is 0.901. The summed E-state index contributed by atoms with van der Waals surface area (Å²) in [7, 11) is 1.67. The SMILES string of the molecule is CCC(CC)n1cc(N)c(-c2cc(C)ccc2OC)n1. The molecule has 0 aliphatic rings. The first-order valence-electron chi connectivity index (χ1n) is 7.10. The van der Waals surface area contributed by atoms with Crippen molar-refractivity contribution in [2.24, 2.45) is 0 Å². The molecular weight excluding hydrogens is 250 g/mol. The predicted octanol–water partition coefficient (Wildman–Crippen LogP) is 3.81. The third-order valence-electron chi connectivity index (χ3n) is 3.69. The maximum Gasteiger partial charge on any atom is 0.128 e. The number of methoxy groups -OCH3 is 1. The average Bonchev–Trinajstić information content (AvgIpc) is 2.82. The number of hydrogen-bond donors (Lipinski definition) is 1. The number of nitrogen functional groups attached to an aromatic ring is 1. The second-order valence-corrected chi connectivity index (χ2v) is 5.09. The van der Waals surface area contributed by atoms with Crippen LogP contribution >= 0.6 is 0 Å². The second-order valence-electron chi connectivity index (χ2n) is 5.09. The van der Waals surface area contributed by atoms with Crippen LogP contribution in [0.1, 0.15) is 38.3 Å². The Hall–Kier alpha value is -1.97. The van der Waals surface area contributed by atoms with E-state index in [1.54, 1.807) is 7.11 Å². The van der Waals surface area contributed by atoms with E-state index in [1.807, 2.05) is 23.0 Å². The molecular formula is C16H23N3O. The van der Waals surface area contributed by atoms with Crippen molar-refractivity contribution in [3.63, 3.8) is 0 Å². The number of aryl methyl sites for hydroxylation is 1. The predicted molar refractivity (Wildman–Crippen MR) is 83.0 cm³/mol. The highest BCUT2D eigenvalue weighted by atomic mass is 16.5. The molecule has 4 heteroatoms. The Labute approximate surface area is 120 Å². The lowest BCUT2D eigenvalue weighted by molar-refractivity contribution is 0.415. The maximum atomic E-state index is 6.16. The van der Waals surface area contributed by atoms with Crippen molar-refractivity contribution in [2.45, 2.75) is 39.7 Å². The summed E-state index contributed by atoms with van der Waals surface area (Å²) >= 11 is 0. The van der Waals surface area contributed by atoms with E-state index >= 15 is 0 Å². The van der Waals surface area contributed by atoms with Crippen molar-refractivity contribution in [1.29, 1.82) is 0 Å². The molecule has 0 aliphatic heterocycles. The Balaban J connectivity index is 2.50. The lowest BCUT2D eigenvalue weighted by Crippen LogP contribution is -2.07. The summed E-state index contributed by atoms with van der Waals surface area (Å²) in [4.78, 5) is 0. The number of benzene rings is 1. The van der Waals surface area contributed by atoms with E-state index in [0.29, 0.717) is 11.7 Å². The number of nitrogens with zero attached hydrogens (tertiary/aromatic N) is 2. The first-order valence-corrected chi connectivity index (χ1v) is 7.10. The van der Waals surface area contributed by atoms with Crippen LogP contribution in [0, 0.1) is 6.92 Å². The smallest absolute Gasteiger partial charge is 0.128 e. The fourth-order valence-electron chi connectivity index (χ4n) is 2.47. The van der Waals surface area contributed by atoms with E-state index in [2.05, 4.69) is 31.9 Å². The van der Waals surface area contributed by atoms with Crippen LogP contribution in [0.25, 0.3) is 11.3 Å². The van der Waals surface area contributed by atoms with Crippen molar-refractivity contribution in [3.05, 3.63) is 30.0 Å². The summed E-state index contributed by atoms with van der Waals surface area (Å²) in [5.74, 6) is 0.803. The molecule has 0 bridgehead atoms. The lowest BCUT2D eigenvalue weighted by Gasteiger charge is -2.12. The standard InChI is InChI=1S/C16H23N3O/c1-5-12(6-2)19-10-14(17)16(18-19)13-9-11(3)7-8-15(13)20-4/h7-10,12H,5-6,17H2,1-4H3. The average molecular weight is 273 g/mol. The molecule has 1 heterocycles. The van der Waals surface area contributed by atoms with Gasteiger partial charge in [0.2, 0.25) is 0 Å². The second kappa shape index (κ2) is 5.99. The summed E-state index contributed by atoms with van der Waals surface area (Å²) in [6, 6.07) is 6.44. The normalized spacial score (nSPS) is 11.1. The number of rotatable bonds is 5. The van der Waals surface area contributed by atoms with Crippen LogP contribution in [-0.4, -0.2) is 16.9 Å². The van der Waals surface area contributed by atoms with Crippen molar-refractivity contribution >= 4 is 5.69 Å². The number of anilines is 1. The molecule has 2 rings (SSSR count). The van der Waals surface area contributed by atoms with Gasteiger partial charge >= 0.3 is 0 Å². The molecule has 0 fully saturated rings.